The number of aromatic carboxylic acids is 1. The van der Waals surface area contributed by atoms with E-state index in [4.69, 9.17) is 0 Å². The lowest BCUT2D eigenvalue weighted by Gasteiger charge is -2.06. The smallest absolute Gasteiger partial charge is 0.261 e. The number of aryl methyl sites for hydroxylation is 2. The summed E-state index contributed by atoms with van der Waals surface area (Å²) in [5.74, 6) is -1.30. The van der Waals surface area contributed by atoms with E-state index in [-0.39, 0.29) is 11.5 Å². The monoisotopic (exact) mass is 316 g/mol. The van der Waals surface area contributed by atoms with Gasteiger partial charge < -0.3 is 15.2 Å². The third-order valence-corrected chi connectivity index (χ3v) is 4.50. The molecule has 1 aromatic heterocycles. The highest BCUT2D eigenvalue weighted by molar-refractivity contribution is 7.14. The van der Waals surface area contributed by atoms with Crippen LogP contribution in [0.5, 0.6) is 0 Å². The van der Waals surface area contributed by atoms with E-state index in [2.05, 4.69) is 12.2 Å². The number of thiophene rings is 1. The second kappa shape index (κ2) is 7.22. The lowest BCUT2D eigenvalue weighted by Crippen LogP contribution is -2.23. The Morgan fingerprint density at radius 3 is 2.50 bits per heavy atom. The molecular formula is C17H18NO3S-. The molecular weight excluding hydrogens is 298 g/mol. The molecule has 1 amide bonds. The van der Waals surface area contributed by atoms with Gasteiger partial charge in [0.1, 0.15) is 0 Å². The van der Waals surface area contributed by atoms with Crippen molar-refractivity contribution < 1.29 is 14.7 Å². The van der Waals surface area contributed by atoms with Crippen molar-refractivity contribution in [2.24, 2.45) is 0 Å². The van der Waals surface area contributed by atoms with E-state index in [0.29, 0.717) is 11.4 Å². The Balaban J connectivity index is 1.97. The van der Waals surface area contributed by atoms with Gasteiger partial charge in [0, 0.05) is 11.4 Å². The van der Waals surface area contributed by atoms with Crippen LogP contribution in [0.4, 0.5) is 0 Å². The quantitative estimate of drug-likeness (QED) is 0.889. The average Bonchev–Trinajstić information content (AvgIpc) is 2.87. The second-order valence-electron chi connectivity index (χ2n) is 5.11. The van der Waals surface area contributed by atoms with Crippen molar-refractivity contribution >= 4 is 23.2 Å². The Hall–Kier alpha value is -2.14. The molecule has 2 rings (SSSR count). The lowest BCUT2D eigenvalue weighted by atomic mass is 10.1. The summed E-state index contributed by atoms with van der Waals surface area (Å²) in [5.41, 5.74) is 2.21. The number of amides is 1. The number of hydrogen-bond donors (Lipinski definition) is 1. The summed E-state index contributed by atoms with van der Waals surface area (Å²) < 4.78 is 0. The highest BCUT2D eigenvalue weighted by Crippen LogP contribution is 2.22. The highest BCUT2D eigenvalue weighted by Gasteiger charge is 2.11. The van der Waals surface area contributed by atoms with E-state index >= 15 is 0 Å². The minimum absolute atomic E-state index is 0.0977. The van der Waals surface area contributed by atoms with Crippen LogP contribution in [0.2, 0.25) is 0 Å². The molecule has 0 saturated heterocycles. The van der Waals surface area contributed by atoms with Crippen LogP contribution in [0.25, 0.3) is 0 Å². The number of carboxylic acid groups (broad SMARTS) is 1. The maximum Gasteiger partial charge on any atom is 0.261 e. The van der Waals surface area contributed by atoms with Crippen molar-refractivity contribution in [3.8, 4) is 0 Å². The molecule has 0 aliphatic carbocycles. The summed E-state index contributed by atoms with van der Waals surface area (Å²) in [5, 5.41) is 13.5. The summed E-state index contributed by atoms with van der Waals surface area (Å²) >= 11 is 1.51. The van der Waals surface area contributed by atoms with Gasteiger partial charge in [-0.1, -0.05) is 37.6 Å². The second-order valence-corrected chi connectivity index (χ2v) is 6.37. The van der Waals surface area contributed by atoms with Gasteiger partial charge in [-0.2, -0.15) is 0 Å². The minimum atomic E-state index is -1.20. The van der Waals surface area contributed by atoms with Gasteiger partial charge in [0.15, 0.2) is 0 Å². The Kier molecular flexibility index (Phi) is 5.33. The van der Waals surface area contributed by atoms with Gasteiger partial charge in [-0.3, -0.25) is 4.79 Å². The van der Waals surface area contributed by atoms with Gasteiger partial charge in [-0.25, -0.2) is 0 Å². The van der Waals surface area contributed by atoms with E-state index in [0.717, 1.165) is 18.4 Å². The highest BCUT2D eigenvalue weighted by atomic mass is 32.1. The van der Waals surface area contributed by atoms with Crippen LogP contribution in [-0.2, 0) is 13.0 Å². The van der Waals surface area contributed by atoms with Crippen molar-refractivity contribution in [1.82, 2.24) is 5.32 Å². The van der Waals surface area contributed by atoms with Crippen LogP contribution in [0.1, 0.15) is 49.4 Å². The molecule has 116 valence electrons. The first-order chi connectivity index (χ1) is 10.5. The van der Waals surface area contributed by atoms with E-state index in [1.54, 1.807) is 12.1 Å². The van der Waals surface area contributed by atoms with Gasteiger partial charge in [-0.15, -0.1) is 11.3 Å². The molecule has 0 unspecified atom stereocenters. The van der Waals surface area contributed by atoms with E-state index in [1.807, 2.05) is 13.0 Å². The van der Waals surface area contributed by atoms with Crippen LogP contribution in [0, 0.1) is 6.92 Å². The molecule has 0 atom stereocenters. The molecule has 0 radical (unpaired) electrons. The molecule has 0 aliphatic heterocycles. The van der Waals surface area contributed by atoms with Gasteiger partial charge in [0.2, 0.25) is 0 Å². The minimum Gasteiger partial charge on any atom is -0.545 e. The van der Waals surface area contributed by atoms with Crippen molar-refractivity contribution in [1.29, 1.82) is 0 Å². The molecule has 0 bridgehead atoms. The fourth-order valence-electron chi connectivity index (χ4n) is 2.18. The zero-order valence-electron chi connectivity index (χ0n) is 12.6. The molecule has 4 nitrogen and oxygen atoms in total. The SMILES string of the molecule is CCCc1cc(C(=O)NCc2ccc(C(=O)[O-])cc2)sc1C. The van der Waals surface area contributed by atoms with Gasteiger partial charge in [-0.05, 0) is 36.1 Å². The van der Waals surface area contributed by atoms with Crippen LogP contribution >= 0.6 is 11.3 Å². The van der Waals surface area contributed by atoms with E-state index in [1.165, 1.54) is 33.9 Å². The molecule has 22 heavy (non-hydrogen) atoms. The van der Waals surface area contributed by atoms with Crippen molar-refractivity contribution in [2.75, 3.05) is 0 Å². The molecule has 0 aliphatic rings. The van der Waals surface area contributed by atoms with E-state index in [9.17, 15) is 14.7 Å². The summed E-state index contributed by atoms with van der Waals surface area (Å²) in [6, 6.07) is 8.26. The fraction of sp³-hybridized carbons (Fsp3) is 0.294. The molecule has 0 spiro atoms. The first-order valence-corrected chi connectivity index (χ1v) is 8.00. The Morgan fingerprint density at radius 2 is 1.91 bits per heavy atom. The number of carbonyl (C=O) groups excluding carboxylic acids is 2. The first kappa shape index (κ1) is 16.2. The largest absolute Gasteiger partial charge is 0.545 e. The summed E-state index contributed by atoms with van der Waals surface area (Å²) in [6.07, 6.45) is 2.05. The zero-order valence-corrected chi connectivity index (χ0v) is 13.5. The third kappa shape index (κ3) is 3.95. The molecule has 1 aromatic carbocycles. The Labute approximate surface area is 133 Å². The average molecular weight is 316 g/mol. The van der Waals surface area contributed by atoms with Crippen LogP contribution in [0.15, 0.2) is 30.3 Å². The number of benzene rings is 1. The molecule has 0 fully saturated rings. The fourth-order valence-corrected chi connectivity index (χ4v) is 3.17. The summed E-state index contributed by atoms with van der Waals surface area (Å²) in [7, 11) is 0. The molecule has 2 aromatic rings. The first-order valence-electron chi connectivity index (χ1n) is 7.19. The molecule has 1 heterocycles. The van der Waals surface area contributed by atoms with Crippen molar-refractivity contribution in [3.63, 3.8) is 0 Å². The molecule has 5 heteroatoms. The summed E-state index contributed by atoms with van der Waals surface area (Å²) in [4.78, 5) is 24.7. The molecule has 1 N–H and O–H groups in total. The Morgan fingerprint density at radius 1 is 1.23 bits per heavy atom. The normalized spacial score (nSPS) is 10.5. The standard InChI is InChI=1S/C17H19NO3S/c1-3-4-14-9-15(22-11(14)2)16(19)18-10-12-5-7-13(8-6-12)17(20)21/h5-9H,3-4,10H2,1-2H3,(H,18,19)(H,20,21)/p-1. The maximum absolute atomic E-state index is 12.2. The maximum atomic E-state index is 12.2. The number of carboxylic acids is 1. The number of carbonyl (C=O) groups is 2. The number of nitrogens with one attached hydrogen (secondary N) is 1. The van der Waals surface area contributed by atoms with Crippen molar-refractivity contribution in [2.45, 2.75) is 33.2 Å². The predicted molar refractivity (Wildman–Crippen MR) is 85.0 cm³/mol. The predicted octanol–water partition coefficient (Wildman–Crippen LogP) is 2.30. The van der Waals surface area contributed by atoms with Gasteiger partial charge in [0.25, 0.3) is 5.91 Å². The van der Waals surface area contributed by atoms with Gasteiger partial charge in [0.05, 0.1) is 10.8 Å². The third-order valence-electron chi connectivity index (χ3n) is 3.41. The number of hydrogen-bond acceptors (Lipinski definition) is 4. The summed E-state index contributed by atoms with van der Waals surface area (Å²) in [6.45, 7) is 4.52. The molecule has 0 saturated carbocycles. The van der Waals surface area contributed by atoms with Crippen LogP contribution in [0.3, 0.4) is 0 Å². The Bertz CT molecular complexity index is 674. The zero-order chi connectivity index (χ0) is 16.1. The van der Waals surface area contributed by atoms with Gasteiger partial charge >= 0.3 is 0 Å². The van der Waals surface area contributed by atoms with Crippen molar-refractivity contribution in [3.05, 3.63) is 56.8 Å². The topological polar surface area (TPSA) is 69.2 Å². The lowest BCUT2D eigenvalue weighted by molar-refractivity contribution is -0.255. The van der Waals surface area contributed by atoms with E-state index < -0.39 is 5.97 Å². The van der Waals surface area contributed by atoms with Crippen LogP contribution < -0.4 is 10.4 Å². The number of rotatable bonds is 6. The van der Waals surface area contributed by atoms with Crippen LogP contribution in [-0.4, -0.2) is 11.9 Å².